The van der Waals surface area contributed by atoms with Crippen LogP contribution in [-0.4, -0.2) is 13.3 Å². The molecule has 0 saturated carbocycles. The van der Waals surface area contributed by atoms with E-state index in [-0.39, 0.29) is 5.60 Å². The van der Waals surface area contributed by atoms with Crippen molar-refractivity contribution in [1.29, 1.82) is 0 Å². The minimum absolute atomic E-state index is 0.300. The van der Waals surface area contributed by atoms with Crippen molar-refractivity contribution >= 4 is 24.2 Å². The van der Waals surface area contributed by atoms with Gasteiger partial charge >= 0.3 is 0 Å². The average Bonchev–Trinajstić information content (AvgIpc) is 2.00. The SMILES string of the molecule is C[13C]([13CH3])(O[Si](C)(C)C)c1ccc(Br)cn1. The molecule has 1 aromatic heterocycles. The lowest BCUT2D eigenvalue weighted by molar-refractivity contribution is 0.0951. The average molecular weight is 290 g/mol. The van der Waals surface area contributed by atoms with Crippen LogP contribution in [0.3, 0.4) is 0 Å². The number of pyridine rings is 1. The van der Waals surface area contributed by atoms with Crippen LogP contribution in [0.2, 0.25) is 19.6 Å². The van der Waals surface area contributed by atoms with Crippen molar-refractivity contribution in [2.75, 3.05) is 0 Å². The third kappa shape index (κ3) is 4.05. The molecule has 15 heavy (non-hydrogen) atoms. The van der Waals surface area contributed by atoms with Crippen molar-refractivity contribution in [2.24, 2.45) is 0 Å². The molecule has 0 N–H and O–H groups in total. The molecule has 1 aromatic rings. The standard InChI is InChI=1S/C11H18BrNOSi/c1-11(2,14-15(3,4)5)10-7-6-9(12)8-13-10/h6-8H,1-5H3/i1+1,11+1. The first-order chi connectivity index (χ1) is 6.71. The fourth-order valence-corrected chi connectivity index (χ4v) is 3.42. The van der Waals surface area contributed by atoms with Gasteiger partial charge in [-0.25, -0.2) is 0 Å². The van der Waals surface area contributed by atoms with Crippen LogP contribution >= 0.6 is 15.9 Å². The first-order valence-electron chi connectivity index (χ1n) is 5.03. The maximum Gasteiger partial charge on any atom is 0.185 e. The van der Waals surface area contributed by atoms with Gasteiger partial charge in [0.1, 0.15) is 0 Å². The van der Waals surface area contributed by atoms with Crippen LogP contribution in [0.15, 0.2) is 22.8 Å². The molecule has 1 heterocycles. The number of aromatic nitrogens is 1. The van der Waals surface area contributed by atoms with E-state index in [0.717, 1.165) is 10.2 Å². The minimum Gasteiger partial charge on any atom is -0.407 e. The summed E-state index contributed by atoms with van der Waals surface area (Å²) in [6.45, 7) is 10.7. The van der Waals surface area contributed by atoms with Gasteiger partial charge in [0, 0.05) is 10.7 Å². The molecule has 1 unspecified atom stereocenters. The van der Waals surface area contributed by atoms with E-state index in [1.165, 1.54) is 0 Å². The number of halogens is 1. The molecule has 0 radical (unpaired) electrons. The third-order valence-corrected chi connectivity index (χ3v) is 3.50. The van der Waals surface area contributed by atoms with E-state index in [1.807, 2.05) is 18.3 Å². The van der Waals surface area contributed by atoms with Crippen LogP contribution in [0, 0.1) is 0 Å². The molecular formula is C11H18BrNOSi. The van der Waals surface area contributed by atoms with Crippen LogP contribution in [0.1, 0.15) is 19.5 Å². The molecule has 0 aliphatic heterocycles. The monoisotopic (exact) mass is 289 g/mol. The van der Waals surface area contributed by atoms with E-state index in [9.17, 15) is 0 Å². The largest absolute Gasteiger partial charge is 0.407 e. The van der Waals surface area contributed by atoms with E-state index in [0.29, 0.717) is 0 Å². The first-order valence-corrected chi connectivity index (χ1v) is 9.23. The van der Waals surface area contributed by atoms with Crippen molar-refractivity contribution < 1.29 is 4.43 Å². The highest BCUT2D eigenvalue weighted by Crippen LogP contribution is 2.27. The minimum atomic E-state index is -1.54. The normalized spacial score (nSPS) is 16.1. The molecule has 1 rings (SSSR count). The quantitative estimate of drug-likeness (QED) is 0.621. The second-order valence-corrected chi connectivity index (χ2v) is 10.4. The van der Waals surface area contributed by atoms with Gasteiger partial charge in [0.05, 0.1) is 11.3 Å². The number of nitrogens with zero attached hydrogens (tertiary/aromatic N) is 1. The summed E-state index contributed by atoms with van der Waals surface area (Å²) in [5.74, 6) is 0. The second-order valence-electron chi connectivity index (χ2n) is 5.09. The number of rotatable bonds is 3. The number of hydrogen-bond acceptors (Lipinski definition) is 2. The molecule has 0 spiro atoms. The van der Waals surface area contributed by atoms with E-state index in [2.05, 4.69) is 54.4 Å². The second kappa shape index (κ2) is 4.35. The summed E-state index contributed by atoms with van der Waals surface area (Å²) >= 11 is 3.38. The Labute approximate surface area is 101 Å². The zero-order chi connectivity index (χ0) is 11.7. The Morgan fingerprint density at radius 1 is 1.27 bits per heavy atom. The fourth-order valence-electron chi connectivity index (χ4n) is 1.55. The van der Waals surface area contributed by atoms with Crippen molar-refractivity contribution in [2.45, 2.75) is 39.1 Å². The predicted octanol–water partition coefficient (Wildman–Crippen LogP) is 3.93. The molecule has 0 aromatic carbocycles. The Hall–Kier alpha value is -0.193. The predicted molar refractivity (Wildman–Crippen MR) is 69.4 cm³/mol. The Balaban J connectivity index is 2.90. The zero-order valence-corrected chi connectivity index (χ0v) is 12.6. The summed E-state index contributed by atoms with van der Waals surface area (Å²) < 4.78 is 7.11. The van der Waals surface area contributed by atoms with Crippen molar-refractivity contribution in [1.82, 2.24) is 4.98 Å². The van der Waals surface area contributed by atoms with Crippen LogP contribution in [0.25, 0.3) is 0 Å². The molecule has 0 amide bonds. The lowest BCUT2D eigenvalue weighted by Crippen LogP contribution is -2.37. The van der Waals surface area contributed by atoms with Gasteiger partial charge in [-0.3, -0.25) is 4.98 Å². The Bertz CT molecular complexity index is 329. The van der Waals surface area contributed by atoms with Crippen molar-refractivity contribution in [3.05, 3.63) is 28.5 Å². The van der Waals surface area contributed by atoms with E-state index < -0.39 is 8.32 Å². The molecule has 1 atom stereocenters. The Morgan fingerprint density at radius 2 is 1.87 bits per heavy atom. The van der Waals surface area contributed by atoms with E-state index in [1.54, 1.807) is 0 Å². The van der Waals surface area contributed by atoms with Gasteiger partial charge in [-0.05, 0) is 61.6 Å². The van der Waals surface area contributed by atoms with Gasteiger partial charge in [0.15, 0.2) is 8.32 Å². The zero-order valence-electron chi connectivity index (χ0n) is 9.97. The first kappa shape index (κ1) is 12.9. The molecule has 0 saturated heterocycles. The molecule has 4 heteroatoms. The highest BCUT2D eigenvalue weighted by Gasteiger charge is 2.29. The van der Waals surface area contributed by atoms with Gasteiger partial charge in [-0.15, -0.1) is 0 Å². The molecule has 2 nitrogen and oxygen atoms in total. The lowest BCUT2D eigenvalue weighted by atomic mass is 10.4. The highest BCUT2D eigenvalue weighted by molar-refractivity contribution is 9.10. The van der Waals surface area contributed by atoms with Crippen LogP contribution in [-0.2, 0) is 10.0 Å². The lowest BCUT2D eigenvalue weighted by Gasteiger charge is -2.32. The molecule has 84 valence electrons. The highest BCUT2D eigenvalue weighted by atomic mass is 79.9. The van der Waals surface area contributed by atoms with Crippen LogP contribution < -0.4 is 0 Å². The van der Waals surface area contributed by atoms with Gasteiger partial charge in [-0.1, -0.05) is 0 Å². The Morgan fingerprint density at radius 3 is 2.27 bits per heavy atom. The Kier molecular flexibility index (Phi) is 3.74. The van der Waals surface area contributed by atoms with Crippen LogP contribution in [0.4, 0.5) is 0 Å². The molecule has 0 aliphatic carbocycles. The molecule has 0 bridgehead atoms. The smallest absolute Gasteiger partial charge is 0.185 e. The maximum absolute atomic E-state index is 6.11. The summed E-state index contributed by atoms with van der Waals surface area (Å²) in [5, 5.41) is 0. The van der Waals surface area contributed by atoms with E-state index in [4.69, 9.17) is 4.43 Å². The molecule has 0 aliphatic rings. The van der Waals surface area contributed by atoms with Gasteiger partial charge in [0.2, 0.25) is 0 Å². The molecular weight excluding hydrogens is 272 g/mol. The summed E-state index contributed by atoms with van der Waals surface area (Å²) in [4.78, 5) is 4.38. The van der Waals surface area contributed by atoms with Crippen molar-refractivity contribution in [3.8, 4) is 0 Å². The topological polar surface area (TPSA) is 22.1 Å². The summed E-state index contributed by atoms with van der Waals surface area (Å²) in [7, 11) is -1.54. The van der Waals surface area contributed by atoms with Gasteiger partial charge in [0.25, 0.3) is 0 Å². The number of hydrogen-bond donors (Lipinski definition) is 0. The fraction of sp³-hybridized carbons (Fsp3) is 0.545. The van der Waals surface area contributed by atoms with Crippen molar-refractivity contribution in [3.63, 3.8) is 0 Å². The maximum atomic E-state index is 6.11. The summed E-state index contributed by atoms with van der Waals surface area (Å²) in [6.07, 6.45) is 1.81. The van der Waals surface area contributed by atoms with E-state index >= 15 is 0 Å². The third-order valence-electron chi connectivity index (χ3n) is 1.91. The van der Waals surface area contributed by atoms with Crippen LogP contribution in [0.5, 0.6) is 0 Å². The van der Waals surface area contributed by atoms with Gasteiger partial charge in [-0.2, -0.15) is 0 Å². The van der Waals surface area contributed by atoms with Gasteiger partial charge < -0.3 is 4.43 Å². The molecule has 0 fully saturated rings. The summed E-state index contributed by atoms with van der Waals surface area (Å²) in [5.41, 5.74) is 0.679. The summed E-state index contributed by atoms with van der Waals surface area (Å²) in [6, 6.07) is 4.00.